The van der Waals surface area contributed by atoms with Crippen molar-refractivity contribution in [3.8, 4) is 5.75 Å². The number of aromatic nitrogens is 2. The van der Waals surface area contributed by atoms with E-state index in [1.54, 1.807) is 35.2 Å². The van der Waals surface area contributed by atoms with Crippen LogP contribution in [0.1, 0.15) is 34.5 Å². The number of nitrogens with zero attached hydrogens (tertiary/aromatic N) is 2. The minimum atomic E-state index is -0.168. The second-order valence-electron chi connectivity index (χ2n) is 5.73. The summed E-state index contributed by atoms with van der Waals surface area (Å²) >= 11 is 6.14. The van der Waals surface area contributed by atoms with E-state index in [2.05, 4.69) is 5.10 Å². The zero-order valence-corrected chi connectivity index (χ0v) is 15.4. The molecule has 0 fully saturated rings. The molecule has 3 aromatic rings. The van der Waals surface area contributed by atoms with Crippen molar-refractivity contribution in [1.29, 1.82) is 0 Å². The lowest BCUT2D eigenvalue weighted by atomic mass is 10.2. The fourth-order valence-electron chi connectivity index (χ4n) is 2.42. The summed E-state index contributed by atoms with van der Waals surface area (Å²) in [6, 6.07) is 10.9. The molecule has 0 atom stereocenters. The van der Waals surface area contributed by atoms with Gasteiger partial charge in [0, 0.05) is 12.7 Å². The number of hydrogen-bond donors (Lipinski definition) is 0. The van der Waals surface area contributed by atoms with Crippen molar-refractivity contribution in [2.45, 2.75) is 27.0 Å². The summed E-state index contributed by atoms with van der Waals surface area (Å²) in [5, 5.41) is 4.74. The average Bonchev–Trinajstić information content (AvgIpc) is 3.28. The SMILES string of the molecule is CCn1ccc(C(=O)/C=C/c2ccc(COc3c(C)cccc3Cl)o2)n1. The number of hydrogen-bond acceptors (Lipinski definition) is 4. The van der Waals surface area contributed by atoms with E-state index in [9.17, 15) is 4.79 Å². The summed E-state index contributed by atoms with van der Waals surface area (Å²) in [7, 11) is 0. The average molecular weight is 371 g/mol. The van der Waals surface area contributed by atoms with E-state index < -0.39 is 0 Å². The maximum atomic E-state index is 12.1. The first kappa shape index (κ1) is 18.0. The van der Waals surface area contributed by atoms with Crippen LogP contribution in [0.5, 0.6) is 5.75 Å². The Hall–Kier alpha value is -2.79. The first-order valence-corrected chi connectivity index (χ1v) is 8.67. The Balaban J connectivity index is 1.61. The van der Waals surface area contributed by atoms with Crippen LogP contribution in [-0.2, 0) is 13.2 Å². The summed E-state index contributed by atoms with van der Waals surface area (Å²) in [4.78, 5) is 12.1. The molecule has 134 valence electrons. The molecule has 0 saturated heterocycles. The third-order valence-corrected chi connectivity index (χ3v) is 4.12. The van der Waals surface area contributed by atoms with E-state index in [4.69, 9.17) is 20.8 Å². The third kappa shape index (κ3) is 4.24. The second-order valence-corrected chi connectivity index (χ2v) is 6.14. The number of ketones is 1. The highest BCUT2D eigenvalue weighted by atomic mass is 35.5. The Labute approximate surface area is 156 Å². The van der Waals surface area contributed by atoms with Crippen LogP contribution in [0.3, 0.4) is 0 Å². The van der Waals surface area contributed by atoms with Crippen molar-refractivity contribution in [2.24, 2.45) is 0 Å². The standard InChI is InChI=1S/C20H19ClN2O3/c1-3-23-12-11-18(22-23)19(24)10-9-15-7-8-16(26-15)13-25-20-14(2)5-4-6-17(20)21/h4-12H,3,13H2,1-2H3/b10-9+. The van der Waals surface area contributed by atoms with E-state index in [0.717, 1.165) is 12.1 Å². The molecule has 0 aliphatic rings. The van der Waals surface area contributed by atoms with Gasteiger partial charge >= 0.3 is 0 Å². The molecular formula is C20H19ClN2O3. The highest BCUT2D eigenvalue weighted by molar-refractivity contribution is 6.32. The Bertz CT molecular complexity index is 920. The largest absolute Gasteiger partial charge is 0.484 e. The number of aryl methyl sites for hydroxylation is 2. The van der Waals surface area contributed by atoms with Crippen LogP contribution in [0.2, 0.25) is 5.02 Å². The van der Waals surface area contributed by atoms with E-state index in [-0.39, 0.29) is 12.4 Å². The van der Waals surface area contributed by atoms with Gasteiger partial charge in [0.25, 0.3) is 0 Å². The molecule has 6 heteroatoms. The van der Waals surface area contributed by atoms with Gasteiger partial charge in [-0.15, -0.1) is 0 Å². The zero-order chi connectivity index (χ0) is 18.5. The Morgan fingerprint density at radius 2 is 2.15 bits per heavy atom. The Kier molecular flexibility index (Phi) is 5.58. The van der Waals surface area contributed by atoms with Crippen LogP contribution < -0.4 is 4.74 Å². The fourth-order valence-corrected chi connectivity index (χ4v) is 2.69. The molecule has 0 unspecified atom stereocenters. The van der Waals surface area contributed by atoms with Crippen molar-refractivity contribution in [3.63, 3.8) is 0 Å². The van der Waals surface area contributed by atoms with Gasteiger partial charge in [-0.2, -0.15) is 5.10 Å². The molecule has 5 nitrogen and oxygen atoms in total. The molecule has 0 aliphatic heterocycles. The Morgan fingerprint density at radius 3 is 2.88 bits per heavy atom. The van der Waals surface area contributed by atoms with Crippen molar-refractivity contribution in [3.05, 3.63) is 76.5 Å². The molecule has 26 heavy (non-hydrogen) atoms. The maximum absolute atomic E-state index is 12.1. The number of allylic oxidation sites excluding steroid dienone is 1. The zero-order valence-electron chi connectivity index (χ0n) is 14.6. The number of para-hydroxylation sites is 1. The first-order chi connectivity index (χ1) is 12.6. The lowest BCUT2D eigenvalue weighted by Crippen LogP contribution is -1.99. The van der Waals surface area contributed by atoms with Gasteiger partial charge in [0.05, 0.1) is 5.02 Å². The van der Waals surface area contributed by atoms with Crippen LogP contribution in [0.25, 0.3) is 6.08 Å². The molecule has 2 aromatic heterocycles. The van der Waals surface area contributed by atoms with Crippen LogP contribution in [-0.4, -0.2) is 15.6 Å². The van der Waals surface area contributed by atoms with Crippen LogP contribution in [0, 0.1) is 6.92 Å². The molecule has 0 bridgehead atoms. The van der Waals surface area contributed by atoms with Gasteiger partial charge in [-0.3, -0.25) is 9.48 Å². The predicted octanol–water partition coefficient (Wildman–Crippen LogP) is 4.93. The topological polar surface area (TPSA) is 57.3 Å². The van der Waals surface area contributed by atoms with Gasteiger partial charge in [0.15, 0.2) is 0 Å². The van der Waals surface area contributed by atoms with Crippen molar-refractivity contribution in [2.75, 3.05) is 0 Å². The van der Waals surface area contributed by atoms with Gasteiger partial charge in [-0.1, -0.05) is 23.7 Å². The summed E-state index contributed by atoms with van der Waals surface area (Å²) in [6.45, 7) is 4.88. The Morgan fingerprint density at radius 1 is 1.31 bits per heavy atom. The number of halogens is 1. The van der Waals surface area contributed by atoms with E-state index >= 15 is 0 Å². The van der Waals surface area contributed by atoms with Crippen LogP contribution >= 0.6 is 11.6 Å². The van der Waals surface area contributed by atoms with Gasteiger partial charge in [-0.25, -0.2) is 0 Å². The molecule has 2 heterocycles. The van der Waals surface area contributed by atoms with Gasteiger partial charge in [0.2, 0.25) is 5.78 Å². The molecule has 1 aromatic carbocycles. The molecule has 0 amide bonds. The lowest BCUT2D eigenvalue weighted by molar-refractivity contribution is 0.104. The van der Waals surface area contributed by atoms with Crippen LogP contribution in [0.15, 0.2) is 53.1 Å². The van der Waals surface area contributed by atoms with Gasteiger partial charge in [-0.05, 0) is 55.8 Å². The fraction of sp³-hybridized carbons (Fsp3) is 0.200. The number of rotatable bonds is 7. The molecule has 0 N–H and O–H groups in total. The minimum Gasteiger partial charge on any atom is -0.484 e. The summed E-state index contributed by atoms with van der Waals surface area (Å²) in [6.07, 6.45) is 4.85. The normalized spacial score (nSPS) is 11.2. The van der Waals surface area contributed by atoms with Gasteiger partial charge < -0.3 is 9.15 Å². The predicted molar refractivity (Wildman–Crippen MR) is 100 cm³/mol. The van der Waals surface area contributed by atoms with E-state index in [1.165, 1.54) is 6.08 Å². The summed E-state index contributed by atoms with van der Waals surface area (Å²) < 4.78 is 13.1. The molecule has 0 saturated carbocycles. The minimum absolute atomic E-state index is 0.168. The van der Waals surface area contributed by atoms with Crippen molar-refractivity contribution in [1.82, 2.24) is 9.78 Å². The second kappa shape index (κ2) is 8.06. The smallest absolute Gasteiger partial charge is 0.206 e. The molecule has 3 rings (SSSR count). The summed E-state index contributed by atoms with van der Waals surface area (Å²) in [5.74, 6) is 1.69. The van der Waals surface area contributed by atoms with Crippen molar-refractivity contribution < 1.29 is 13.9 Å². The quantitative estimate of drug-likeness (QED) is 0.437. The van der Waals surface area contributed by atoms with E-state index in [0.29, 0.717) is 28.0 Å². The lowest BCUT2D eigenvalue weighted by Gasteiger charge is -2.09. The third-order valence-electron chi connectivity index (χ3n) is 3.82. The summed E-state index contributed by atoms with van der Waals surface area (Å²) in [5.41, 5.74) is 1.37. The number of ether oxygens (including phenoxy) is 1. The highest BCUT2D eigenvalue weighted by Crippen LogP contribution is 2.28. The molecule has 0 aliphatic carbocycles. The number of carbonyl (C=O) groups is 1. The van der Waals surface area contributed by atoms with Crippen LogP contribution in [0.4, 0.5) is 0 Å². The highest BCUT2D eigenvalue weighted by Gasteiger charge is 2.08. The monoisotopic (exact) mass is 370 g/mol. The number of benzene rings is 1. The maximum Gasteiger partial charge on any atom is 0.206 e. The first-order valence-electron chi connectivity index (χ1n) is 8.29. The molecular weight excluding hydrogens is 352 g/mol. The van der Waals surface area contributed by atoms with E-state index in [1.807, 2.05) is 32.0 Å². The number of furan rings is 1. The molecule has 0 radical (unpaired) electrons. The molecule has 0 spiro atoms. The van der Waals surface area contributed by atoms with Gasteiger partial charge in [0.1, 0.15) is 29.6 Å². The number of carbonyl (C=O) groups excluding carboxylic acids is 1. The van der Waals surface area contributed by atoms with Crippen molar-refractivity contribution >= 4 is 23.5 Å².